The van der Waals surface area contributed by atoms with Crippen molar-refractivity contribution in [2.75, 3.05) is 0 Å². The summed E-state index contributed by atoms with van der Waals surface area (Å²) in [4.78, 5) is 12.2. The molecule has 0 fully saturated rings. The van der Waals surface area contributed by atoms with E-state index in [0.717, 1.165) is 8.04 Å². The number of thiophene rings is 1. The molecule has 1 heterocycles. The minimum atomic E-state index is 0.0000231. The van der Waals surface area contributed by atoms with Crippen LogP contribution >= 0.6 is 61.5 Å². The number of ketones is 1. The summed E-state index contributed by atoms with van der Waals surface area (Å²) in [6, 6.07) is 5.33. The molecule has 0 saturated carbocycles. The van der Waals surface area contributed by atoms with Crippen molar-refractivity contribution in [1.82, 2.24) is 0 Å². The Morgan fingerprint density at radius 2 is 2.06 bits per heavy atom. The quantitative estimate of drug-likeness (QED) is 0.487. The predicted octanol–water partition coefficient (Wildman–Crippen LogP) is 5.00. The van der Waals surface area contributed by atoms with E-state index in [1.807, 2.05) is 16.8 Å². The standard InChI is InChI=1S/C11H5BrClIOS/c12-9-5-16-4-8(9)11(15)7-3-6(13)1-2-10(7)14/h1-5H. The molecular weight excluding hydrogens is 422 g/mol. The molecule has 1 nitrogen and oxygen atoms in total. The lowest BCUT2D eigenvalue weighted by Gasteiger charge is -2.03. The Bertz CT molecular complexity index is 553. The van der Waals surface area contributed by atoms with Crippen LogP contribution in [-0.2, 0) is 0 Å². The summed E-state index contributed by atoms with van der Waals surface area (Å²) in [5, 5.41) is 4.31. The van der Waals surface area contributed by atoms with E-state index >= 15 is 0 Å². The molecule has 1 aromatic heterocycles. The minimum absolute atomic E-state index is 0.0000231. The molecule has 2 aromatic rings. The van der Waals surface area contributed by atoms with Crippen molar-refractivity contribution in [2.24, 2.45) is 0 Å². The number of carbonyl (C=O) groups is 1. The van der Waals surface area contributed by atoms with Crippen molar-refractivity contribution < 1.29 is 4.79 Å². The molecule has 2 rings (SSSR count). The van der Waals surface area contributed by atoms with Crippen LogP contribution in [-0.4, -0.2) is 5.78 Å². The number of benzene rings is 1. The minimum Gasteiger partial charge on any atom is -0.288 e. The number of rotatable bonds is 2. The largest absolute Gasteiger partial charge is 0.288 e. The van der Waals surface area contributed by atoms with Gasteiger partial charge >= 0.3 is 0 Å². The molecule has 0 aliphatic rings. The van der Waals surface area contributed by atoms with E-state index in [-0.39, 0.29) is 5.78 Å². The van der Waals surface area contributed by atoms with E-state index in [2.05, 4.69) is 38.5 Å². The van der Waals surface area contributed by atoms with Crippen molar-refractivity contribution >= 4 is 67.2 Å². The highest BCUT2D eigenvalue weighted by Crippen LogP contribution is 2.27. The van der Waals surface area contributed by atoms with E-state index in [4.69, 9.17) is 11.6 Å². The Hall–Kier alpha value is 0.0900. The zero-order chi connectivity index (χ0) is 11.7. The van der Waals surface area contributed by atoms with Crippen molar-refractivity contribution in [3.8, 4) is 0 Å². The lowest BCUT2D eigenvalue weighted by Crippen LogP contribution is -2.02. The average Bonchev–Trinajstić information content (AvgIpc) is 2.67. The summed E-state index contributed by atoms with van der Waals surface area (Å²) in [5.41, 5.74) is 1.33. The fraction of sp³-hybridized carbons (Fsp3) is 0. The van der Waals surface area contributed by atoms with Gasteiger partial charge in [-0.2, -0.15) is 11.3 Å². The first-order chi connectivity index (χ1) is 7.59. The van der Waals surface area contributed by atoms with Gasteiger partial charge in [0.1, 0.15) is 0 Å². The van der Waals surface area contributed by atoms with Gasteiger partial charge in [-0.05, 0) is 56.7 Å². The molecule has 82 valence electrons. The van der Waals surface area contributed by atoms with Crippen molar-refractivity contribution in [3.05, 3.63) is 53.2 Å². The van der Waals surface area contributed by atoms with Crippen LogP contribution in [0.15, 0.2) is 33.4 Å². The number of hydrogen-bond donors (Lipinski definition) is 0. The van der Waals surface area contributed by atoms with Crippen LogP contribution < -0.4 is 0 Å². The summed E-state index contributed by atoms with van der Waals surface area (Å²) in [5.74, 6) is 0.0000231. The number of hydrogen-bond acceptors (Lipinski definition) is 2. The topological polar surface area (TPSA) is 17.1 Å². The zero-order valence-electron chi connectivity index (χ0n) is 7.84. The average molecular weight is 427 g/mol. The summed E-state index contributed by atoms with van der Waals surface area (Å²) in [6.07, 6.45) is 0. The van der Waals surface area contributed by atoms with Gasteiger partial charge < -0.3 is 0 Å². The molecule has 0 aliphatic heterocycles. The molecule has 16 heavy (non-hydrogen) atoms. The molecule has 5 heteroatoms. The first-order valence-electron chi connectivity index (χ1n) is 4.31. The van der Waals surface area contributed by atoms with Crippen molar-refractivity contribution in [1.29, 1.82) is 0 Å². The molecule has 0 radical (unpaired) electrons. The summed E-state index contributed by atoms with van der Waals surface area (Å²) < 4.78 is 1.74. The fourth-order valence-corrected chi connectivity index (χ4v) is 3.47. The van der Waals surface area contributed by atoms with Crippen molar-refractivity contribution in [2.45, 2.75) is 0 Å². The molecule has 0 amide bonds. The maximum absolute atomic E-state index is 12.2. The second-order valence-corrected chi connectivity index (χ2v) is 6.28. The lowest BCUT2D eigenvalue weighted by molar-refractivity contribution is 0.103. The van der Waals surface area contributed by atoms with Crippen LogP contribution in [0.5, 0.6) is 0 Å². The summed E-state index contributed by atoms with van der Waals surface area (Å²) in [6.45, 7) is 0. The van der Waals surface area contributed by atoms with E-state index in [0.29, 0.717) is 16.1 Å². The molecule has 0 atom stereocenters. The van der Waals surface area contributed by atoms with Gasteiger partial charge in [0.15, 0.2) is 5.78 Å². The Morgan fingerprint density at radius 3 is 2.69 bits per heavy atom. The highest BCUT2D eigenvalue weighted by Gasteiger charge is 2.16. The Kier molecular flexibility index (Phi) is 4.05. The summed E-state index contributed by atoms with van der Waals surface area (Å²) in [7, 11) is 0. The van der Waals surface area contributed by atoms with Crippen LogP contribution in [0.2, 0.25) is 5.02 Å². The van der Waals surface area contributed by atoms with Gasteiger partial charge in [0.05, 0.1) is 0 Å². The SMILES string of the molecule is O=C(c1cscc1Br)c1cc(Cl)ccc1I. The van der Waals surface area contributed by atoms with Gasteiger partial charge in [-0.15, -0.1) is 0 Å². The van der Waals surface area contributed by atoms with Crippen LogP contribution in [0, 0.1) is 3.57 Å². The maximum Gasteiger partial charge on any atom is 0.196 e. The first-order valence-corrected chi connectivity index (χ1v) is 7.50. The van der Waals surface area contributed by atoms with Gasteiger partial charge in [-0.25, -0.2) is 0 Å². The van der Waals surface area contributed by atoms with E-state index < -0.39 is 0 Å². The maximum atomic E-state index is 12.2. The van der Waals surface area contributed by atoms with Gasteiger partial charge in [0, 0.05) is 35.0 Å². The van der Waals surface area contributed by atoms with Crippen molar-refractivity contribution in [3.63, 3.8) is 0 Å². The molecular formula is C11H5BrClIOS. The third-order valence-corrected chi connectivity index (χ3v) is 4.91. The molecule has 0 spiro atoms. The highest BCUT2D eigenvalue weighted by molar-refractivity contribution is 14.1. The summed E-state index contributed by atoms with van der Waals surface area (Å²) >= 11 is 12.9. The third kappa shape index (κ3) is 2.50. The Morgan fingerprint density at radius 1 is 1.31 bits per heavy atom. The molecule has 1 aromatic carbocycles. The molecule has 0 aliphatic carbocycles. The predicted molar refractivity (Wildman–Crippen MR) is 79.6 cm³/mol. The van der Waals surface area contributed by atoms with E-state index in [1.54, 1.807) is 12.1 Å². The van der Waals surface area contributed by atoms with Crippen LogP contribution in [0.1, 0.15) is 15.9 Å². The Balaban J connectivity index is 2.49. The second-order valence-electron chi connectivity index (χ2n) is 3.09. The van der Waals surface area contributed by atoms with E-state index in [9.17, 15) is 4.79 Å². The van der Waals surface area contributed by atoms with Crippen LogP contribution in [0.25, 0.3) is 0 Å². The Labute approximate surface area is 124 Å². The zero-order valence-corrected chi connectivity index (χ0v) is 13.2. The number of carbonyl (C=O) groups excluding carboxylic acids is 1. The van der Waals surface area contributed by atoms with Crippen LogP contribution in [0.4, 0.5) is 0 Å². The number of halogens is 3. The first kappa shape index (κ1) is 12.5. The smallest absolute Gasteiger partial charge is 0.196 e. The molecule has 0 saturated heterocycles. The van der Waals surface area contributed by atoms with E-state index in [1.165, 1.54) is 11.3 Å². The fourth-order valence-electron chi connectivity index (χ4n) is 1.26. The normalized spacial score (nSPS) is 10.4. The molecule has 0 unspecified atom stereocenters. The monoisotopic (exact) mass is 426 g/mol. The lowest BCUT2D eigenvalue weighted by atomic mass is 10.1. The van der Waals surface area contributed by atoms with Gasteiger partial charge in [-0.1, -0.05) is 11.6 Å². The second kappa shape index (κ2) is 5.16. The van der Waals surface area contributed by atoms with Crippen LogP contribution in [0.3, 0.4) is 0 Å². The third-order valence-electron chi connectivity index (χ3n) is 2.03. The highest BCUT2D eigenvalue weighted by atomic mass is 127. The van der Waals surface area contributed by atoms with Gasteiger partial charge in [0.2, 0.25) is 0 Å². The van der Waals surface area contributed by atoms with Gasteiger partial charge in [0.25, 0.3) is 0 Å². The molecule has 0 bridgehead atoms. The van der Waals surface area contributed by atoms with Gasteiger partial charge in [-0.3, -0.25) is 4.79 Å². The molecule has 0 N–H and O–H groups in total.